The Balaban J connectivity index is 2.22. The van der Waals surface area contributed by atoms with Crippen LogP contribution >= 0.6 is 11.6 Å². The lowest BCUT2D eigenvalue weighted by Gasteiger charge is -2.17. The van der Waals surface area contributed by atoms with Gasteiger partial charge in [0.2, 0.25) is 0 Å². The van der Waals surface area contributed by atoms with Crippen LogP contribution in [0.2, 0.25) is 5.02 Å². The van der Waals surface area contributed by atoms with Crippen molar-refractivity contribution in [3.63, 3.8) is 0 Å². The van der Waals surface area contributed by atoms with Gasteiger partial charge in [-0.15, -0.1) is 0 Å². The number of halogens is 1. The quantitative estimate of drug-likeness (QED) is 0.539. The second-order valence-electron chi connectivity index (χ2n) is 5.24. The van der Waals surface area contributed by atoms with E-state index in [4.69, 9.17) is 11.6 Å². The Kier molecular flexibility index (Phi) is 8.94. The minimum atomic E-state index is 0.439. The van der Waals surface area contributed by atoms with Gasteiger partial charge in [0.25, 0.3) is 0 Å². The van der Waals surface area contributed by atoms with E-state index in [9.17, 15) is 0 Å². The highest BCUT2D eigenvalue weighted by atomic mass is 35.5. The van der Waals surface area contributed by atoms with Crippen LogP contribution in [-0.2, 0) is 0 Å². The second kappa shape index (κ2) is 10.3. The molecule has 1 aromatic carbocycles. The monoisotopic (exact) mass is 281 g/mol. The molecule has 0 aromatic heterocycles. The maximum absolute atomic E-state index is 6.05. The Bertz CT molecular complexity index is 338. The molecule has 1 atom stereocenters. The zero-order chi connectivity index (χ0) is 13.9. The molecule has 0 heterocycles. The Labute approximate surface area is 123 Å². The molecule has 1 rings (SSSR count). The van der Waals surface area contributed by atoms with Gasteiger partial charge in [-0.1, -0.05) is 69.7 Å². The number of rotatable bonds is 10. The molecule has 0 radical (unpaired) electrons. The Morgan fingerprint density at radius 3 is 2.47 bits per heavy atom. The van der Waals surface area contributed by atoms with E-state index in [0.717, 1.165) is 18.0 Å². The van der Waals surface area contributed by atoms with Crippen LogP contribution in [0.1, 0.15) is 70.4 Å². The van der Waals surface area contributed by atoms with Crippen molar-refractivity contribution in [3.05, 3.63) is 34.9 Å². The lowest BCUT2D eigenvalue weighted by atomic mass is 10.0. The zero-order valence-corrected chi connectivity index (χ0v) is 13.2. The summed E-state index contributed by atoms with van der Waals surface area (Å²) in [6.07, 6.45) is 9.21. The number of hydrogen-bond acceptors (Lipinski definition) is 1. The molecule has 108 valence electrons. The van der Waals surface area contributed by atoms with E-state index in [0.29, 0.717) is 6.04 Å². The van der Waals surface area contributed by atoms with Crippen LogP contribution < -0.4 is 5.32 Å². The summed E-state index contributed by atoms with van der Waals surface area (Å²) >= 11 is 6.05. The van der Waals surface area contributed by atoms with Crippen LogP contribution in [0.15, 0.2) is 24.3 Å². The summed E-state index contributed by atoms with van der Waals surface area (Å²) in [4.78, 5) is 0. The third-order valence-corrected chi connectivity index (χ3v) is 3.82. The van der Waals surface area contributed by atoms with Gasteiger partial charge in [0.15, 0.2) is 0 Å². The van der Waals surface area contributed by atoms with Gasteiger partial charge in [-0.2, -0.15) is 0 Å². The fraction of sp³-hybridized carbons (Fsp3) is 0.647. The molecule has 0 aliphatic heterocycles. The van der Waals surface area contributed by atoms with Crippen molar-refractivity contribution >= 4 is 11.6 Å². The number of nitrogens with one attached hydrogen (secondary N) is 1. The predicted octanol–water partition coefficient (Wildman–Crippen LogP) is 5.74. The van der Waals surface area contributed by atoms with Gasteiger partial charge < -0.3 is 5.32 Å². The van der Waals surface area contributed by atoms with Crippen molar-refractivity contribution in [1.29, 1.82) is 0 Å². The fourth-order valence-electron chi connectivity index (χ4n) is 2.40. The lowest BCUT2D eigenvalue weighted by Crippen LogP contribution is -2.21. The van der Waals surface area contributed by atoms with Gasteiger partial charge in [0.1, 0.15) is 0 Å². The highest BCUT2D eigenvalue weighted by molar-refractivity contribution is 6.30. The third kappa shape index (κ3) is 6.98. The summed E-state index contributed by atoms with van der Waals surface area (Å²) in [5.41, 5.74) is 1.31. The minimum Gasteiger partial charge on any atom is -0.310 e. The number of benzene rings is 1. The molecular weight excluding hydrogens is 254 g/mol. The topological polar surface area (TPSA) is 12.0 Å². The molecule has 1 aromatic rings. The molecule has 2 heteroatoms. The Morgan fingerprint density at radius 1 is 1.05 bits per heavy atom. The van der Waals surface area contributed by atoms with Crippen molar-refractivity contribution < 1.29 is 0 Å². The molecule has 0 amide bonds. The first kappa shape index (κ1) is 16.5. The molecule has 19 heavy (non-hydrogen) atoms. The number of unbranched alkanes of at least 4 members (excludes halogenated alkanes) is 5. The lowest BCUT2D eigenvalue weighted by molar-refractivity contribution is 0.493. The molecule has 0 saturated heterocycles. The van der Waals surface area contributed by atoms with Gasteiger partial charge in [-0.25, -0.2) is 0 Å². The normalized spacial score (nSPS) is 12.6. The van der Waals surface area contributed by atoms with Gasteiger partial charge in [0, 0.05) is 11.1 Å². The van der Waals surface area contributed by atoms with Gasteiger partial charge in [-0.05, 0) is 37.1 Å². The fourth-order valence-corrected chi connectivity index (χ4v) is 2.60. The van der Waals surface area contributed by atoms with Crippen molar-refractivity contribution in [2.75, 3.05) is 6.54 Å². The van der Waals surface area contributed by atoms with Crippen LogP contribution in [0, 0.1) is 0 Å². The molecule has 1 N–H and O–H groups in total. The van der Waals surface area contributed by atoms with Crippen molar-refractivity contribution in [1.82, 2.24) is 5.32 Å². The standard InChI is InChI=1S/C17H28ClN/c1-3-5-6-7-8-9-13-19-17(4-2)15-11-10-12-16(18)14-15/h10-12,14,17,19H,3-9,13H2,1-2H3. The van der Waals surface area contributed by atoms with Crippen molar-refractivity contribution in [3.8, 4) is 0 Å². The molecule has 1 nitrogen and oxygen atoms in total. The van der Waals surface area contributed by atoms with E-state index in [-0.39, 0.29) is 0 Å². The highest BCUT2D eigenvalue weighted by Crippen LogP contribution is 2.20. The van der Waals surface area contributed by atoms with Crippen molar-refractivity contribution in [2.45, 2.75) is 64.8 Å². The van der Waals surface area contributed by atoms with E-state index >= 15 is 0 Å². The summed E-state index contributed by atoms with van der Waals surface area (Å²) in [6.45, 7) is 5.59. The zero-order valence-electron chi connectivity index (χ0n) is 12.4. The Morgan fingerprint density at radius 2 is 1.79 bits per heavy atom. The highest BCUT2D eigenvalue weighted by Gasteiger charge is 2.08. The van der Waals surface area contributed by atoms with Crippen LogP contribution in [0.3, 0.4) is 0 Å². The molecule has 0 aliphatic carbocycles. The molecule has 0 spiro atoms. The summed E-state index contributed by atoms with van der Waals surface area (Å²) < 4.78 is 0. The summed E-state index contributed by atoms with van der Waals surface area (Å²) in [5, 5.41) is 4.48. The largest absolute Gasteiger partial charge is 0.310 e. The average molecular weight is 282 g/mol. The maximum Gasteiger partial charge on any atom is 0.0409 e. The van der Waals surface area contributed by atoms with Crippen molar-refractivity contribution in [2.24, 2.45) is 0 Å². The molecule has 0 saturated carbocycles. The first-order valence-corrected chi connectivity index (χ1v) is 8.14. The van der Waals surface area contributed by atoms with E-state index in [2.05, 4.69) is 31.3 Å². The van der Waals surface area contributed by atoms with Crippen LogP contribution in [0.5, 0.6) is 0 Å². The predicted molar refractivity (Wildman–Crippen MR) is 85.9 cm³/mol. The molecule has 1 unspecified atom stereocenters. The summed E-state index contributed by atoms with van der Waals surface area (Å²) in [7, 11) is 0. The third-order valence-electron chi connectivity index (χ3n) is 3.58. The van der Waals surface area contributed by atoms with Gasteiger partial charge >= 0.3 is 0 Å². The molecule has 0 aliphatic rings. The van der Waals surface area contributed by atoms with E-state index in [1.165, 1.54) is 44.1 Å². The first-order chi connectivity index (χ1) is 9.27. The van der Waals surface area contributed by atoms with Crippen LogP contribution in [0.25, 0.3) is 0 Å². The maximum atomic E-state index is 6.05. The number of hydrogen-bond donors (Lipinski definition) is 1. The molecule has 0 bridgehead atoms. The van der Waals surface area contributed by atoms with Gasteiger partial charge in [0.05, 0.1) is 0 Å². The smallest absolute Gasteiger partial charge is 0.0409 e. The average Bonchev–Trinajstić information content (AvgIpc) is 2.42. The SMILES string of the molecule is CCCCCCCCNC(CC)c1cccc(Cl)c1. The Hall–Kier alpha value is -0.530. The molecular formula is C17H28ClN. The van der Waals surface area contributed by atoms with Gasteiger partial charge in [-0.3, -0.25) is 0 Å². The molecule has 0 fully saturated rings. The summed E-state index contributed by atoms with van der Waals surface area (Å²) in [5.74, 6) is 0. The first-order valence-electron chi connectivity index (χ1n) is 7.76. The second-order valence-corrected chi connectivity index (χ2v) is 5.67. The van der Waals surface area contributed by atoms with E-state index < -0.39 is 0 Å². The minimum absolute atomic E-state index is 0.439. The van der Waals surface area contributed by atoms with Crippen LogP contribution in [0.4, 0.5) is 0 Å². The van der Waals surface area contributed by atoms with Crippen LogP contribution in [-0.4, -0.2) is 6.54 Å². The van der Waals surface area contributed by atoms with E-state index in [1.807, 2.05) is 12.1 Å². The van der Waals surface area contributed by atoms with E-state index in [1.54, 1.807) is 0 Å². The summed E-state index contributed by atoms with van der Waals surface area (Å²) in [6, 6.07) is 8.64.